The van der Waals surface area contributed by atoms with E-state index in [-0.39, 0.29) is 18.2 Å². The van der Waals surface area contributed by atoms with Gasteiger partial charge in [0.2, 0.25) is 0 Å². The molecule has 1 saturated heterocycles. The summed E-state index contributed by atoms with van der Waals surface area (Å²) in [6.45, 7) is 9.06. The maximum Gasteiger partial charge on any atom is 0.322 e. The summed E-state index contributed by atoms with van der Waals surface area (Å²) in [7, 11) is 0. The van der Waals surface area contributed by atoms with Gasteiger partial charge in [-0.1, -0.05) is 0 Å². The van der Waals surface area contributed by atoms with Crippen molar-refractivity contribution in [3.8, 4) is 5.82 Å². The van der Waals surface area contributed by atoms with Gasteiger partial charge in [-0.2, -0.15) is 5.10 Å². The second-order valence-electron chi connectivity index (χ2n) is 6.34. The molecule has 0 aromatic carbocycles. The summed E-state index contributed by atoms with van der Waals surface area (Å²) in [6, 6.07) is 5.56. The summed E-state index contributed by atoms with van der Waals surface area (Å²) in [4.78, 5) is 18.6. The lowest BCUT2D eigenvalue weighted by Crippen LogP contribution is -2.49. The highest BCUT2D eigenvalue weighted by atomic mass is 16.5. The standard InChI is InChI=1S/C17H23N5O2/c1-11-7-12(2)22(20-11)16-6-5-15(8-18-16)19-17(23)21-9-13(3)24-14(4)10-21/h5-8,13-14H,9-10H2,1-4H3,(H,19,23)/t13-,14+. The van der Waals surface area contributed by atoms with Crippen molar-refractivity contribution >= 4 is 11.7 Å². The Morgan fingerprint density at radius 1 is 1.25 bits per heavy atom. The number of carbonyl (C=O) groups excluding carboxylic acids is 1. The van der Waals surface area contributed by atoms with Gasteiger partial charge in [0.25, 0.3) is 0 Å². The highest BCUT2D eigenvalue weighted by molar-refractivity contribution is 5.89. The first-order chi connectivity index (χ1) is 11.4. The predicted molar refractivity (Wildman–Crippen MR) is 91.4 cm³/mol. The number of carbonyl (C=O) groups is 1. The number of hydrogen-bond acceptors (Lipinski definition) is 4. The second-order valence-corrected chi connectivity index (χ2v) is 6.34. The van der Waals surface area contributed by atoms with Crippen molar-refractivity contribution in [2.45, 2.75) is 39.9 Å². The Balaban J connectivity index is 1.68. The smallest absolute Gasteiger partial charge is 0.322 e. The van der Waals surface area contributed by atoms with Crippen LogP contribution in [0.3, 0.4) is 0 Å². The Bertz CT molecular complexity index is 715. The summed E-state index contributed by atoms with van der Waals surface area (Å²) >= 11 is 0. The van der Waals surface area contributed by atoms with E-state index in [2.05, 4.69) is 15.4 Å². The van der Waals surface area contributed by atoms with Gasteiger partial charge >= 0.3 is 6.03 Å². The first-order valence-corrected chi connectivity index (χ1v) is 8.13. The molecule has 3 rings (SSSR count). The number of nitrogens with one attached hydrogen (secondary N) is 1. The zero-order valence-electron chi connectivity index (χ0n) is 14.5. The Morgan fingerprint density at radius 2 is 1.96 bits per heavy atom. The van der Waals surface area contributed by atoms with Crippen molar-refractivity contribution in [2.75, 3.05) is 18.4 Å². The van der Waals surface area contributed by atoms with E-state index in [1.807, 2.05) is 45.9 Å². The maximum absolute atomic E-state index is 12.4. The number of nitrogens with zero attached hydrogens (tertiary/aromatic N) is 4. The number of pyridine rings is 1. The van der Waals surface area contributed by atoms with Crippen LogP contribution in [0.1, 0.15) is 25.2 Å². The number of ether oxygens (including phenoxy) is 1. The van der Waals surface area contributed by atoms with Crippen LogP contribution in [0.4, 0.5) is 10.5 Å². The first-order valence-electron chi connectivity index (χ1n) is 8.13. The molecule has 2 atom stereocenters. The third kappa shape index (κ3) is 3.56. The monoisotopic (exact) mass is 329 g/mol. The molecule has 1 aliphatic heterocycles. The van der Waals surface area contributed by atoms with Crippen molar-refractivity contribution < 1.29 is 9.53 Å². The Labute approximate surface area is 141 Å². The summed E-state index contributed by atoms with van der Waals surface area (Å²) in [5.41, 5.74) is 2.63. The zero-order valence-corrected chi connectivity index (χ0v) is 14.5. The van der Waals surface area contributed by atoms with Crippen LogP contribution in [0.5, 0.6) is 0 Å². The number of aryl methyl sites for hydroxylation is 2. The largest absolute Gasteiger partial charge is 0.372 e. The fourth-order valence-corrected chi connectivity index (χ4v) is 2.99. The number of morpholine rings is 1. The molecule has 0 spiro atoms. The fourth-order valence-electron chi connectivity index (χ4n) is 2.99. The zero-order chi connectivity index (χ0) is 17.3. The Morgan fingerprint density at radius 3 is 2.50 bits per heavy atom. The molecule has 2 amide bonds. The molecule has 1 N–H and O–H groups in total. The van der Waals surface area contributed by atoms with Crippen LogP contribution in [-0.4, -0.2) is 51.0 Å². The summed E-state index contributed by atoms with van der Waals surface area (Å²) in [5, 5.41) is 7.30. The van der Waals surface area contributed by atoms with Gasteiger partial charge in [0.05, 0.1) is 29.8 Å². The van der Waals surface area contributed by atoms with Crippen LogP contribution in [0.2, 0.25) is 0 Å². The molecule has 2 aromatic heterocycles. The van der Waals surface area contributed by atoms with E-state index in [1.165, 1.54) is 0 Å². The van der Waals surface area contributed by atoms with E-state index >= 15 is 0 Å². The van der Waals surface area contributed by atoms with Gasteiger partial charge in [0.1, 0.15) is 0 Å². The molecule has 0 aliphatic carbocycles. The van der Waals surface area contributed by atoms with Gasteiger partial charge in [-0.3, -0.25) is 0 Å². The lowest BCUT2D eigenvalue weighted by molar-refractivity contribution is -0.0530. The number of anilines is 1. The molecule has 0 unspecified atom stereocenters. The van der Waals surface area contributed by atoms with Gasteiger partial charge in [0, 0.05) is 18.8 Å². The molecular formula is C17H23N5O2. The molecule has 1 aliphatic rings. The Hall–Kier alpha value is -2.41. The summed E-state index contributed by atoms with van der Waals surface area (Å²) in [6.07, 6.45) is 1.74. The minimum absolute atomic E-state index is 0.0473. The quantitative estimate of drug-likeness (QED) is 0.919. The molecule has 7 nitrogen and oxygen atoms in total. The number of rotatable bonds is 2. The van der Waals surface area contributed by atoms with E-state index in [1.54, 1.807) is 15.8 Å². The molecule has 128 valence electrons. The van der Waals surface area contributed by atoms with Crippen LogP contribution < -0.4 is 5.32 Å². The van der Waals surface area contributed by atoms with Gasteiger partial charge < -0.3 is 15.0 Å². The van der Waals surface area contributed by atoms with Crippen molar-refractivity contribution in [1.82, 2.24) is 19.7 Å². The van der Waals surface area contributed by atoms with Gasteiger partial charge in [-0.15, -0.1) is 0 Å². The average molecular weight is 329 g/mol. The molecule has 7 heteroatoms. The lowest BCUT2D eigenvalue weighted by Gasteiger charge is -2.35. The minimum atomic E-state index is -0.127. The highest BCUT2D eigenvalue weighted by Gasteiger charge is 2.25. The van der Waals surface area contributed by atoms with E-state index in [9.17, 15) is 4.79 Å². The van der Waals surface area contributed by atoms with Gasteiger partial charge in [-0.05, 0) is 45.9 Å². The Kier molecular flexibility index (Phi) is 4.53. The van der Waals surface area contributed by atoms with E-state index in [0.717, 1.165) is 17.2 Å². The molecule has 0 radical (unpaired) electrons. The average Bonchev–Trinajstić information content (AvgIpc) is 2.85. The van der Waals surface area contributed by atoms with Crippen LogP contribution in [-0.2, 0) is 4.74 Å². The SMILES string of the molecule is Cc1cc(C)n(-c2ccc(NC(=O)N3C[C@@H](C)O[C@@H](C)C3)cn2)n1. The second kappa shape index (κ2) is 6.60. The molecule has 0 saturated carbocycles. The fraction of sp³-hybridized carbons (Fsp3) is 0.471. The van der Waals surface area contributed by atoms with E-state index in [0.29, 0.717) is 18.8 Å². The van der Waals surface area contributed by atoms with Crippen LogP contribution in [0.15, 0.2) is 24.4 Å². The topological polar surface area (TPSA) is 72.3 Å². The van der Waals surface area contributed by atoms with Gasteiger partial charge in [-0.25, -0.2) is 14.5 Å². The normalized spacial score (nSPS) is 20.9. The van der Waals surface area contributed by atoms with E-state index in [4.69, 9.17) is 4.74 Å². The van der Waals surface area contributed by atoms with E-state index < -0.39 is 0 Å². The number of aromatic nitrogens is 3. The molecule has 2 aromatic rings. The number of hydrogen-bond donors (Lipinski definition) is 1. The van der Waals surface area contributed by atoms with Crippen LogP contribution in [0, 0.1) is 13.8 Å². The van der Waals surface area contributed by atoms with Crippen molar-refractivity contribution in [3.63, 3.8) is 0 Å². The molecule has 0 bridgehead atoms. The highest BCUT2D eigenvalue weighted by Crippen LogP contribution is 2.15. The van der Waals surface area contributed by atoms with Gasteiger partial charge in [0.15, 0.2) is 5.82 Å². The van der Waals surface area contributed by atoms with Crippen molar-refractivity contribution in [1.29, 1.82) is 0 Å². The first kappa shape index (κ1) is 16.4. The van der Waals surface area contributed by atoms with Crippen LogP contribution in [0.25, 0.3) is 5.82 Å². The number of amides is 2. The third-order valence-electron chi connectivity index (χ3n) is 3.93. The molecule has 1 fully saturated rings. The van der Waals surface area contributed by atoms with Crippen LogP contribution >= 0.6 is 0 Å². The lowest BCUT2D eigenvalue weighted by atomic mass is 10.2. The predicted octanol–water partition coefficient (Wildman–Crippen LogP) is 2.53. The third-order valence-corrected chi connectivity index (χ3v) is 3.93. The molecular weight excluding hydrogens is 306 g/mol. The summed E-state index contributed by atoms with van der Waals surface area (Å²) in [5.74, 6) is 0.729. The minimum Gasteiger partial charge on any atom is -0.372 e. The van der Waals surface area contributed by atoms with Crippen molar-refractivity contribution in [2.24, 2.45) is 0 Å². The maximum atomic E-state index is 12.4. The number of urea groups is 1. The van der Waals surface area contributed by atoms with Crippen molar-refractivity contribution in [3.05, 3.63) is 35.8 Å². The summed E-state index contributed by atoms with van der Waals surface area (Å²) < 4.78 is 7.43. The molecule has 24 heavy (non-hydrogen) atoms. The molecule has 3 heterocycles.